The van der Waals surface area contributed by atoms with Crippen molar-refractivity contribution in [1.82, 2.24) is 10.3 Å². The van der Waals surface area contributed by atoms with E-state index in [9.17, 15) is 9.59 Å². The number of nitrogens with zero attached hydrogens (tertiary/aromatic N) is 1. The molecule has 0 aliphatic rings. The molecule has 1 heterocycles. The Hall–Kier alpha value is -2.69. The van der Waals surface area contributed by atoms with E-state index in [0.717, 1.165) is 23.2 Å². The molecule has 1 aromatic carbocycles. The Morgan fingerprint density at radius 2 is 1.84 bits per heavy atom. The average molecular weight is 339 g/mol. The largest absolute Gasteiger partial charge is 0.351 e. The van der Waals surface area contributed by atoms with Gasteiger partial charge in [-0.2, -0.15) is 0 Å². The van der Waals surface area contributed by atoms with Gasteiger partial charge in [-0.25, -0.2) is 0 Å². The van der Waals surface area contributed by atoms with E-state index in [1.54, 1.807) is 6.07 Å². The molecule has 5 nitrogen and oxygen atoms in total. The summed E-state index contributed by atoms with van der Waals surface area (Å²) in [5.41, 5.74) is 3.48. The summed E-state index contributed by atoms with van der Waals surface area (Å²) >= 11 is 0. The minimum atomic E-state index is -0.262. The second-order valence-corrected chi connectivity index (χ2v) is 6.64. The summed E-state index contributed by atoms with van der Waals surface area (Å²) in [5.74, 6) is -0.00249. The molecule has 5 heteroatoms. The van der Waals surface area contributed by atoms with Gasteiger partial charge in [0.1, 0.15) is 5.69 Å². The number of rotatable bonds is 6. The lowest BCUT2D eigenvalue weighted by molar-refractivity contribution is 0.0947. The van der Waals surface area contributed by atoms with E-state index in [4.69, 9.17) is 0 Å². The second kappa shape index (κ2) is 8.42. The molecule has 0 unspecified atom stereocenters. The monoisotopic (exact) mass is 339 g/mol. The van der Waals surface area contributed by atoms with Gasteiger partial charge < -0.3 is 10.6 Å². The highest BCUT2D eigenvalue weighted by Crippen LogP contribution is 2.17. The highest BCUT2D eigenvalue weighted by molar-refractivity contribution is 6.06. The molecular weight excluding hydrogens is 314 g/mol. The SMILES string of the molecule is Cc1ccc(C)c(NC(=O)c2ccnc(C(=O)NCCC(C)C)c2)c1. The van der Waals surface area contributed by atoms with E-state index >= 15 is 0 Å². The van der Waals surface area contributed by atoms with Crippen LogP contribution in [0, 0.1) is 19.8 Å². The highest BCUT2D eigenvalue weighted by atomic mass is 16.2. The van der Waals surface area contributed by atoms with Gasteiger partial charge in [-0.15, -0.1) is 0 Å². The lowest BCUT2D eigenvalue weighted by Crippen LogP contribution is -2.26. The number of benzene rings is 1. The van der Waals surface area contributed by atoms with E-state index in [2.05, 4.69) is 29.5 Å². The Morgan fingerprint density at radius 1 is 1.08 bits per heavy atom. The number of anilines is 1. The third-order valence-corrected chi connectivity index (χ3v) is 3.90. The van der Waals surface area contributed by atoms with E-state index in [1.807, 2.05) is 32.0 Å². The lowest BCUT2D eigenvalue weighted by atomic mass is 10.1. The van der Waals surface area contributed by atoms with Crippen LogP contribution in [0.1, 0.15) is 52.2 Å². The van der Waals surface area contributed by atoms with Gasteiger partial charge in [0.2, 0.25) is 0 Å². The average Bonchev–Trinajstić information content (AvgIpc) is 2.57. The first-order valence-corrected chi connectivity index (χ1v) is 8.49. The molecule has 0 radical (unpaired) electrons. The second-order valence-electron chi connectivity index (χ2n) is 6.64. The number of aromatic nitrogens is 1. The molecule has 0 atom stereocenters. The van der Waals surface area contributed by atoms with Gasteiger partial charge in [0.15, 0.2) is 0 Å². The van der Waals surface area contributed by atoms with Crippen molar-refractivity contribution in [2.45, 2.75) is 34.1 Å². The van der Waals surface area contributed by atoms with Crippen LogP contribution in [-0.4, -0.2) is 23.3 Å². The molecule has 0 fully saturated rings. The van der Waals surface area contributed by atoms with Crippen LogP contribution in [0.3, 0.4) is 0 Å². The summed E-state index contributed by atoms with van der Waals surface area (Å²) in [5, 5.41) is 5.72. The van der Waals surface area contributed by atoms with E-state index in [-0.39, 0.29) is 17.5 Å². The van der Waals surface area contributed by atoms with Crippen LogP contribution >= 0.6 is 0 Å². The van der Waals surface area contributed by atoms with Gasteiger partial charge in [0.25, 0.3) is 11.8 Å². The minimum Gasteiger partial charge on any atom is -0.351 e. The van der Waals surface area contributed by atoms with Crippen molar-refractivity contribution < 1.29 is 9.59 Å². The summed E-state index contributed by atoms with van der Waals surface area (Å²) in [6, 6.07) is 9.01. The van der Waals surface area contributed by atoms with Crippen molar-refractivity contribution in [3.63, 3.8) is 0 Å². The van der Waals surface area contributed by atoms with Crippen LogP contribution in [0.15, 0.2) is 36.5 Å². The van der Waals surface area contributed by atoms with Crippen molar-refractivity contribution >= 4 is 17.5 Å². The third-order valence-electron chi connectivity index (χ3n) is 3.90. The molecule has 1 aromatic heterocycles. The van der Waals surface area contributed by atoms with Gasteiger partial charge in [-0.05, 0) is 55.5 Å². The van der Waals surface area contributed by atoms with E-state index < -0.39 is 0 Å². The number of carbonyl (C=O) groups is 2. The third kappa shape index (κ3) is 5.41. The number of hydrogen-bond donors (Lipinski definition) is 2. The first kappa shape index (κ1) is 18.6. The summed E-state index contributed by atoms with van der Waals surface area (Å²) < 4.78 is 0. The number of pyridine rings is 1. The maximum absolute atomic E-state index is 12.5. The first-order valence-electron chi connectivity index (χ1n) is 8.49. The number of carbonyl (C=O) groups excluding carboxylic acids is 2. The summed E-state index contributed by atoms with van der Waals surface area (Å²) in [6.07, 6.45) is 2.38. The fourth-order valence-corrected chi connectivity index (χ4v) is 2.33. The van der Waals surface area contributed by atoms with Crippen molar-refractivity contribution in [3.05, 3.63) is 58.9 Å². The summed E-state index contributed by atoms with van der Waals surface area (Å²) in [4.78, 5) is 28.7. The first-order chi connectivity index (χ1) is 11.9. The molecule has 0 aliphatic carbocycles. The predicted molar refractivity (Wildman–Crippen MR) is 99.9 cm³/mol. The lowest BCUT2D eigenvalue weighted by Gasteiger charge is -2.10. The van der Waals surface area contributed by atoms with Crippen molar-refractivity contribution in [2.75, 3.05) is 11.9 Å². The minimum absolute atomic E-state index is 0.248. The number of hydrogen-bond acceptors (Lipinski definition) is 3. The maximum Gasteiger partial charge on any atom is 0.269 e. The zero-order valence-corrected chi connectivity index (χ0v) is 15.2. The van der Waals surface area contributed by atoms with Crippen LogP contribution in [0.25, 0.3) is 0 Å². The number of aryl methyl sites for hydroxylation is 2. The number of nitrogens with one attached hydrogen (secondary N) is 2. The Bertz CT molecular complexity index is 769. The number of amides is 2. The van der Waals surface area contributed by atoms with Gasteiger partial charge in [0, 0.05) is 24.0 Å². The molecule has 0 saturated carbocycles. The van der Waals surface area contributed by atoms with Gasteiger partial charge >= 0.3 is 0 Å². The van der Waals surface area contributed by atoms with Crippen LogP contribution < -0.4 is 10.6 Å². The smallest absolute Gasteiger partial charge is 0.269 e. The predicted octanol–water partition coefficient (Wildman–Crippen LogP) is 3.73. The molecule has 0 spiro atoms. The fraction of sp³-hybridized carbons (Fsp3) is 0.350. The standard InChI is InChI=1S/C20H25N3O2/c1-13(2)7-9-22-20(25)18-12-16(8-10-21-18)19(24)23-17-11-14(3)5-6-15(17)4/h5-6,8,10-13H,7,9H2,1-4H3,(H,22,25)(H,23,24). The highest BCUT2D eigenvalue weighted by Gasteiger charge is 2.13. The van der Waals surface area contributed by atoms with Crippen LogP contribution in [-0.2, 0) is 0 Å². The molecular formula is C20H25N3O2. The van der Waals surface area contributed by atoms with Gasteiger partial charge in [-0.3, -0.25) is 14.6 Å². The summed E-state index contributed by atoms with van der Waals surface area (Å²) in [6.45, 7) is 8.71. The van der Waals surface area contributed by atoms with E-state index in [0.29, 0.717) is 18.0 Å². The molecule has 0 aliphatic heterocycles. The molecule has 2 aromatic rings. The molecule has 2 amide bonds. The Labute approximate surface area is 148 Å². The zero-order chi connectivity index (χ0) is 18.4. The molecule has 0 bridgehead atoms. The van der Waals surface area contributed by atoms with Crippen LogP contribution in [0.5, 0.6) is 0 Å². The normalized spacial score (nSPS) is 10.6. The quantitative estimate of drug-likeness (QED) is 0.842. The van der Waals surface area contributed by atoms with Crippen molar-refractivity contribution in [1.29, 1.82) is 0 Å². The van der Waals surface area contributed by atoms with Crippen molar-refractivity contribution in [2.24, 2.45) is 5.92 Å². The Balaban J connectivity index is 2.08. The molecule has 132 valence electrons. The van der Waals surface area contributed by atoms with Gasteiger partial charge in [0.05, 0.1) is 0 Å². The van der Waals surface area contributed by atoms with Gasteiger partial charge in [-0.1, -0.05) is 26.0 Å². The molecule has 0 saturated heterocycles. The Morgan fingerprint density at radius 3 is 2.56 bits per heavy atom. The summed E-state index contributed by atoms with van der Waals surface area (Å²) in [7, 11) is 0. The topological polar surface area (TPSA) is 71.1 Å². The van der Waals surface area contributed by atoms with Crippen molar-refractivity contribution in [3.8, 4) is 0 Å². The molecule has 25 heavy (non-hydrogen) atoms. The molecule has 2 N–H and O–H groups in total. The fourth-order valence-electron chi connectivity index (χ4n) is 2.33. The maximum atomic E-state index is 12.5. The van der Waals surface area contributed by atoms with Crippen LogP contribution in [0.2, 0.25) is 0 Å². The van der Waals surface area contributed by atoms with Crippen LogP contribution in [0.4, 0.5) is 5.69 Å². The zero-order valence-electron chi connectivity index (χ0n) is 15.2. The van der Waals surface area contributed by atoms with E-state index in [1.165, 1.54) is 12.3 Å². The Kier molecular flexibility index (Phi) is 6.28. The molecule has 2 rings (SSSR count).